The molecule has 2 aromatic heterocycles. The molecule has 0 unspecified atom stereocenters. The third-order valence-corrected chi connectivity index (χ3v) is 8.85. The van der Waals surface area contributed by atoms with Gasteiger partial charge in [-0.05, 0) is 63.5 Å². The van der Waals surface area contributed by atoms with Gasteiger partial charge in [-0.1, -0.05) is 0 Å². The number of rotatable bonds is 7. The van der Waals surface area contributed by atoms with Crippen LogP contribution < -0.4 is 5.32 Å². The summed E-state index contributed by atoms with van der Waals surface area (Å²) in [6.07, 6.45) is 10.2. The quantitative estimate of drug-likeness (QED) is 0.624. The van der Waals surface area contributed by atoms with Crippen molar-refractivity contribution in [1.82, 2.24) is 25.2 Å². The summed E-state index contributed by atoms with van der Waals surface area (Å²) in [5.74, 6) is -1.07. The number of hydrogen-bond acceptors (Lipinski definition) is 6. The number of fused-ring (bicyclic) bond motifs is 1. The average Bonchev–Trinajstić information content (AvgIpc) is 3.21. The molecule has 0 aromatic carbocycles. The zero-order valence-electron chi connectivity index (χ0n) is 19.7. The summed E-state index contributed by atoms with van der Waals surface area (Å²) in [6.45, 7) is 4.77. The van der Waals surface area contributed by atoms with Crippen LogP contribution in [0.25, 0.3) is 0 Å². The van der Waals surface area contributed by atoms with E-state index < -0.39 is 5.92 Å². The molecule has 0 radical (unpaired) electrons. The van der Waals surface area contributed by atoms with Crippen LogP contribution in [0.15, 0.2) is 12.4 Å². The molecular formula is C25H33F2N5OS. The zero-order chi connectivity index (χ0) is 23.7. The number of nitrogens with zero attached hydrogens (tertiary/aromatic N) is 4. The minimum Gasteiger partial charge on any atom is -0.353 e. The molecule has 0 saturated heterocycles. The zero-order valence-corrected chi connectivity index (χ0v) is 20.5. The van der Waals surface area contributed by atoms with Gasteiger partial charge in [0.25, 0.3) is 0 Å². The number of nitrogens with one attached hydrogen (secondary N) is 1. The van der Waals surface area contributed by atoms with Crippen molar-refractivity contribution < 1.29 is 13.6 Å². The number of carbonyl (C=O) groups is 1. The standard InChI is InChI=1S/C25H33F2N5OS/c1-16-28-13-18(14-29-16)10-23(33)30-20-4-2-17(3-5-20)6-8-32-9-7-22-21(15-32)31-24(34-22)19-11-25(26,27)12-19/h13-14,17,19-20H,2-12,15H2,1H3,(H,30,33). The molecule has 2 fully saturated rings. The van der Waals surface area contributed by atoms with Crippen LogP contribution in [-0.4, -0.2) is 50.8 Å². The number of hydrogen-bond donors (Lipinski definition) is 1. The first kappa shape index (κ1) is 23.7. The fourth-order valence-corrected chi connectivity index (χ4v) is 6.57. The molecule has 184 valence electrons. The van der Waals surface area contributed by atoms with E-state index in [9.17, 15) is 13.6 Å². The number of alkyl halides is 2. The fraction of sp³-hybridized carbons (Fsp3) is 0.680. The Hall–Kier alpha value is -2.00. The molecule has 2 aliphatic carbocycles. The SMILES string of the molecule is Cc1ncc(CC(=O)NC2CCC(CCN3CCc4sc(C5CC(F)(F)C5)nc4C3)CC2)cn1. The minimum atomic E-state index is -2.49. The fourth-order valence-electron chi connectivity index (χ4n) is 5.41. The first-order valence-electron chi connectivity index (χ1n) is 12.5. The van der Waals surface area contributed by atoms with E-state index in [0.717, 1.165) is 68.0 Å². The molecule has 1 amide bonds. The van der Waals surface area contributed by atoms with Gasteiger partial charge in [0.15, 0.2) is 0 Å². The van der Waals surface area contributed by atoms with Gasteiger partial charge in [0.2, 0.25) is 11.8 Å². The molecule has 0 atom stereocenters. The number of aromatic nitrogens is 3. The van der Waals surface area contributed by atoms with Gasteiger partial charge in [0, 0.05) is 55.2 Å². The summed E-state index contributed by atoms with van der Waals surface area (Å²) < 4.78 is 26.5. The predicted octanol–water partition coefficient (Wildman–Crippen LogP) is 4.42. The Balaban J connectivity index is 1.01. The molecule has 2 aromatic rings. The monoisotopic (exact) mass is 489 g/mol. The largest absolute Gasteiger partial charge is 0.353 e. The van der Waals surface area contributed by atoms with Crippen LogP contribution in [0.3, 0.4) is 0 Å². The van der Waals surface area contributed by atoms with Crippen molar-refractivity contribution in [3.8, 4) is 0 Å². The van der Waals surface area contributed by atoms with Gasteiger partial charge in [-0.3, -0.25) is 9.69 Å². The van der Waals surface area contributed by atoms with E-state index in [1.165, 1.54) is 11.3 Å². The third-order valence-electron chi connectivity index (χ3n) is 7.53. The van der Waals surface area contributed by atoms with Gasteiger partial charge in [0.05, 0.1) is 17.1 Å². The first-order chi connectivity index (χ1) is 16.3. The molecule has 34 heavy (non-hydrogen) atoms. The number of halogens is 2. The molecule has 5 rings (SSSR count). The summed E-state index contributed by atoms with van der Waals surface area (Å²) >= 11 is 1.66. The normalized spacial score (nSPS) is 24.9. The second-order valence-corrected chi connectivity index (χ2v) is 11.4. The van der Waals surface area contributed by atoms with Crippen LogP contribution in [0, 0.1) is 12.8 Å². The lowest BCUT2D eigenvalue weighted by Gasteiger charge is -2.33. The summed E-state index contributed by atoms with van der Waals surface area (Å²) in [4.78, 5) is 29.2. The van der Waals surface area contributed by atoms with Crippen molar-refractivity contribution in [2.45, 2.75) is 89.1 Å². The maximum atomic E-state index is 13.2. The highest BCUT2D eigenvalue weighted by atomic mass is 32.1. The molecule has 9 heteroatoms. The van der Waals surface area contributed by atoms with Crippen molar-refractivity contribution in [2.24, 2.45) is 5.92 Å². The van der Waals surface area contributed by atoms with E-state index in [2.05, 4.69) is 20.2 Å². The Morgan fingerprint density at radius 2 is 1.94 bits per heavy atom. The highest BCUT2D eigenvalue weighted by Crippen LogP contribution is 2.49. The maximum Gasteiger partial charge on any atom is 0.249 e. The van der Waals surface area contributed by atoms with Crippen LogP contribution in [0.5, 0.6) is 0 Å². The van der Waals surface area contributed by atoms with Crippen LogP contribution in [0.2, 0.25) is 0 Å². The van der Waals surface area contributed by atoms with E-state index >= 15 is 0 Å². The lowest BCUT2D eigenvalue weighted by molar-refractivity contribution is -0.121. The van der Waals surface area contributed by atoms with Crippen LogP contribution in [-0.2, 0) is 24.2 Å². The van der Waals surface area contributed by atoms with Crippen molar-refractivity contribution in [3.63, 3.8) is 0 Å². The van der Waals surface area contributed by atoms with Crippen molar-refractivity contribution in [3.05, 3.63) is 39.4 Å². The Kier molecular flexibility index (Phi) is 6.93. The van der Waals surface area contributed by atoms with Crippen molar-refractivity contribution in [2.75, 3.05) is 13.1 Å². The Bertz CT molecular complexity index is 995. The van der Waals surface area contributed by atoms with Crippen LogP contribution in [0.4, 0.5) is 8.78 Å². The highest BCUT2D eigenvalue weighted by Gasteiger charge is 2.47. The maximum absolute atomic E-state index is 13.2. The Morgan fingerprint density at radius 1 is 1.21 bits per heavy atom. The summed E-state index contributed by atoms with van der Waals surface area (Å²) in [5, 5.41) is 4.11. The van der Waals surface area contributed by atoms with E-state index in [0.29, 0.717) is 18.2 Å². The van der Waals surface area contributed by atoms with Crippen molar-refractivity contribution >= 4 is 17.2 Å². The Labute approximate surface area is 203 Å². The molecule has 3 heterocycles. The van der Waals surface area contributed by atoms with E-state index in [4.69, 9.17) is 4.98 Å². The molecular weight excluding hydrogens is 456 g/mol. The van der Waals surface area contributed by atoms with E-state index in [1.54, 1.807) is 23.7 Å². The van der Waals surface area contributed by atoms with E-state index in [-0.39, 0.29) is 30.7 Å². The van der Waals surface area contributed by atoms with E-state index in [1.807, 2.05) is 6.92 Å². The highest BCUT2D eigenvalue weighted by molar-refractivity contribution is 7.11. The van der Waals surface area contributed by atoms with Gasteiger partial charge in [-0.25, -0.2) is 23.7 Å². The molecule has 2 saturated carbocycles. The lowest BCUT2D eigenvalue weighted by atomic mass is 9.82. The predicted molar refractivity (Wildman–Crippen MR) is 127 cm³/mol. The number of thiazole rings is 1. The minimum absolute atomic E-state index is 0.0351. The summed E-state index contributed by atoms with van der Waals surface area (Å²) in [6, 6.07) is 0.264. The second-order valence-electron chi connectivity index (χ2n) is 10.3. The van der Waals surface area contributed by atoms with Crippen molar-refractivity contribution in [1.29, 1.82) is 0 Å². The van der Waals surface area contributed by atoms with Gasteiger partial charge in [0.1, 0.15) is 5.82 Å². The van der Waals surface area contributed by atoms with Crippen LogP contribution in [0.1, 0.15) is 77.8 Å². The van der Waals surface area contributed by atoms with Gasteiger partial charge >= 0.3 is 0 Å². The molecule has 3 aliphatic rings. The number of aryl methyl sites for hydroxylation is 1. The molecule has 6 nitrogen and oxygen atoms in total. The Morgan fingerprint density at radius 3 is 2.65 bits per heavy atom. The molecule has 1 aliphatic heterocycles. The number of amides is 1. The first-order valence-corrected chi connectivity index (χ1v) is 13.3. The van der Waals surface area contributed by atoms with Gasteiger partial charge < -0.3 is 5.32 Å². The topological polar surface area (TPSA) is 71.0 Å². The average molecular weight is 490 g/mol. The molecule has 0 spiro atoms. The van der Waals surface area contributed by atoms with Gasteiger partial charge in [-0.2, -0.15) is 0 Å². The number of carbonyl (C=O) groups excluding carboxylic acids is 1. The smallest absolute Gasteiger partial charge is 0.249 e. The second kappa shape index (κ2) is 9.93. The summed E-state index contributed by atoms with van der Waals surface area (Å²) in [5.41, 5.74) is 1.96. The molecule has 0 bridgehead atoms. The summed E-state index contributed by atoms with van der Waals surface area (Å²) in [7, 11) is 0. The molecule has 1 N–H and O–H groups in total. The van der Waals surface area contributed by atoms with Gasteiger partial charge in [-0.15, -0.1) is 11.3 Å². The van der Waals surface area contributed by atoms with Crippen LogP contribution >= 0.6 is 11.3 Å². The third kappa shape index (κ3) is 5.79. The lowest BCUT2D eigenvalue weighted by Crippen LogP contribution is -2.39.